The van der Waals surface area contributed by atoms with Gasteiger partial charge in [-0.25, -0.2) is 4.68 Å². The van der Waals surface area contributed by atoms with Gasteiger partial charge in [-0.15, -0.1) is 5.10 Å². The zero-order valence-electron chi connectivity index (χ0n) is 10.5. The second kappa shape index (κ2) is 5.57. The predicted octanol–water partition coefficient (Wildman–Crippen LogP) is 1.41. The second-order valence-electron chi connectivity index (χ2n) is 4.18. The third kappa shape index (κ3) is 2.76. The third-order valence-corrected chi connectivity index (χ3v) is 2.77. The Morgan fingerprint density at radius 2 is 2.26 bits per heavy atom. The van der Waals surface area contributed by atoms with Gasteiger partial charge in [0.1, 0.15) is 5.69 Å². The fourth-order valence-corrected chi connectivity index (χ4v) is 1.87. The number of rotatable bonds is 5. The molecule has 0 spiro atoms. The Bertz CT molecular complexity index is 594. The Morgan fingerprint density at radius 3 is 2.95 bits per heavy atom. The largest absolute Gasteiger partial charge is 0.396 e. The van der Waals surface area contributed by atoms with Crippen LogP contribution in [0.3, 0.4) is 0 Å². The smallest absolute Gasteiger partial charge is 0.295 e. The first kappa shape index (κ1) is 13.2. The molecule has 0 bridgehead atoms. The molecule has 1 N–H and O–H groups in total. The van der Waals surface area contributed by atoms with Crippen molar-refractivity contribution < 1.29 is 10.0 Å². The van der Waals surface area contributed by atoms with Crippen LogP contribution in [0, 0.1) is 17.0 Å². The summed E-state index contributed by atoms with van der Waals surface area (Å²) in [4.78, 5) is 10.6. The molecule has 0 radical (unpaired) electrons. The Hall–Kier alpha value is -2.28. The molecule has 100 valence electrons. The van der Waals surface area contributed by atoms with E-state index in [0.717, 1.165) is 5.56 Å². The van der Waals surface area contributed by atoms with Gasteiger partial charge in [0, 0.05) is 12.7 Å². The van der Waals surface area contributed by atoms with E-state index in [-0.39, 0.29) is 12.3 Å². The van der Waals surface area contributed by atoms with Crippen LogP contribution in [0.4, 0.5) is 5.69 Å². The molecule has 0 aliphatic heterocycles. The third-order valence-electron chi connectivity index (χ3n) is 2.77. The van der Waals surface area contributed by atoms with Crippen LogP contribution in [0.15, 0.2) is 24.4 Å². The Kier molecular flexibility index (Phi) is 3.86. The van der Waals surface area contributed by atoms with Crippen molar-refractivity contribution >= 4 is 5.69 Å². The van der Waals surface area contributed by atoms with E-state index < -0.39 is 4.92 Å². The van der Waals surface area contributed by atoms with Crippen LogP contribution in [0.2, 0.25) is 0 Å². The van der Waals surface area contributed by atoms with E-state index in [1.165, 1.54) is 10.7 Å². The van der Waals surface area contributed by atoms with Crippen molar-refractivity contribution in [3.05, 3.63) is 45.8 Å². The Morgan fingerprint density at radius 1 is 1.47 bits per heavy atom. The lowest BCUT2D eigenvalue weighted by Crippen LogP contribution is -2.03. The van der Waals surface area contributed by atoms with Crippen molar-refractivity contribution in [2.24, 2.45) is 0 Å². The molecule has 0 aliphatic rings. The standard InChI is InChI=1S/C12H14N4O3/c1-9-4-2-6-11(16(18)19)12(9)15-8-10(13-14-15)5-3-7-17/h2,4,6,8,17H,3,5,7H2,1H3. The van der Waals surface area contributed by atoms with Gasteiger partial charge in [0.25, 0.3) is 5.69 Å². The van der Waals surface area contributed by atoms with Crippen molar-refractivity contribution in [1.29, 1.82) is 0 Å². The Balaban J connectivity index is 2.41. The van der Waals surface area contributed by atoms with E-state index in [1.54, 1.807) is 25.3 Å². The van der Waals surface area contributed by atoms with Gasteiger partial charge in [0.05, 0.1) is 16.8 Å². The van der Waals surface area contributed by atoms with Gasteiger partial charge >= 0.3 is 0 Å². The summed E-state index contributed by atoms with van der Waals surface area (Å²) in [6.07, 6.45) is 2.84. The number of hydrogen-bond acceptors (Lipinski definition) is 5. The van der Waals surface area contributed by atoms with Crippen LogP contribution in [-0.2, 0) is 6.42 Å². The molecule has 1 aromatic heterocycles. The molecule has 0 unspecified atom stereocenters. The van der Waals surface area contributed by atoms with Crippen LogP contribution in [0.1, 0.15) is 17.7 Å². The number of aliphatic hydroxyl groups is 1. The maximum Gasteiger partial charge on any atom is 0.295 e. The highest BCUT2D eigenvalue weighted by molar-refractivity contribution is 5.56. The number of nitro benzene ring substituents is 1. The fraction of sp³-hybridized carbons (Fsp3) is 0.333. The lowest BCUT2D eigenvalue weighted by molar-refractivity contribution is -0.384. The number of aromatic nitrogens is 3. The highest BCUT2D eigenvalue weighted by Crippen LogP contribution is 2.25. The van der Waals surface area contributed by atoms with Gasteiger partial charge in [0.15, 0.2) is 0 Å². The minimum absolute atomic E-state index is 0.00129. The molecule has 0 atom stereocenters. The van der Waals surface area contributed by atoms with Gasteiger partial charge in [-0.05, 0) is 25.3 Å². The SMILES string of the molecule is Cc1cccc([N+](=O)[O-])c1-n1cc(CCCO)nn1. The number of aliphatic hydroxyl groups excluding tert-OH is 1. The Labute approximate surface area is 109 Å². The molecule has 0 saturated carbocycles. The number of hydrogen-bond donors (Lipinski definition) is 1. The van der Waals surface area contributed by atoms with Crippen LogP contribution < -0.4 is 0 Å². The van der Waals surface area contributed by atoms with Crippen molar-refractivity contribution in [3.8, 4) is 5.69 Å². The maximum absolute atomic E-state index is 11.0. The average molecular weight is 262 g/mol. The summed E-state index contributed by atoms with van der Waals surface area (Å²) >= 11 is 0. The molecule has 1 aromatic carbocycles. The van der Waals surface area contributed by atoms with Crippen molar-refractivity contribution in [3.63, 3.8) is 0 Å². The zero-order chi connectivity index (χ0) is 13.8. The van der Waals surface area contributed by atoms with Gasteiger partial charge in [0.2, 0.25) is 0 Å². The molecule has 7 nitrogen and oxygen atoms in total. The lowest BCUT2D eigenvalue weighted by Gasteiger charge is -2.05. The van der Waals surface area contributed by atoms with Crippen LogP contribution in [0.25, 0.3) is 5.69 Å². The first-order valence-electron chi connectivity index (χ1n) is 5.90. The molecule has 0 amide bonds. The minimum atomic E-state index is -0.433. The highest BCUT2D eigenvalue weighted by atomic mass is 16.6. The second-order valence-corrected chi connectivity index (χ2v) is 4.18. The van der Waals surface area contributed by atoms with Gasteiger partial charge < -0.3 is 5.11 Å². The maximum atomic E-state index is 11.0. The summed E-state index contributed by atoms with van der Waals surface area (Å²) in [5, 5.41) is 27.7. The monoisotopic (exact) mass is 262 g/mol. The average Bonchev–Trinajstić information content (AvgIpc) is 2.84. The molecular formula is C12H14N4O3. The molecule has 1 heterocycles. The molecule has 2 rings (SSSR count). The summed E-state index contributed by atoms with van der Waals surface area (Å²) in [6, 6.07) is 4.87. The normalized spacial score (nSPS) is 10.6. The summed E-state index contributed by atoms with van der Waals surface area (Å²) in [5.74, 6) is 0. The van der Waals surface area contributed by atoms with Crippen molar-refractivity contribution in [2.75, 3.05) is 6.61 Å². The molecular weight excluding hydrogens is 248 g/mol. The lowest BCUT2D eigenvalue weighted by atomic mass is 10.1. The molecule has 0 aliphatic carbocycles. The number of nitro groups is 1. The molecule has 0 fully saturated rings. The highest BCUT2D eigenvalue weighted by Gasteiger charge is 2.18. The minimum Gasteiger partial charge on any atom is -0.396 e. The van der Waals surface area contributed by atoms with Crippen molar-refractivity contribution in [2.45, 2.75) is 19.8 Å². The predicted molar refractivity (Wildman–Crippen MR) is 68.2 cm³/mol. The van der Waals surface area contributed by atoms with Crippen LogP contribution in [0.5, 0.6) is 0 Å². The summed E-state index contributed by atoms with van der Waals surface area (Å²) in [7, 11) is 0. The van der Waals surface area contributed by atoms with Gasteiger partial charge in [-0.2, -0.15) is 0 Å². The van der Waals surface area contributed by atoms with Gasteiger partial charge in [-0.3, -0.25) is 10.1 Å². The fourth-order valence-electron chi connectivity index (χ4n) is 1.87. The first-order chi connectivity index (χ1) is 9.13. The topological polar surface area (TPSA) is 94.1 Å². The van der Waals surface area contributed by atoms with Crippen LogP contribution in [-0.4, -0.2) is 31.6 Å². The van der Waals surface area contributed by atoms with E-state index >= 15 is 0 Å². The van der Waals surface area contributed by atoms with E-state index in [9.17, 15) is 10.1 Å². The molecule has 2 aromatic rings. The number of aryl methyl sites for hydroxylation is 2. The van der Waals surface area contributed by atoms with Crippen LogP contribution >= 0.6 is 0 Å². The van der Waals surface area contributed by atoms with E-state index in [1.807, 2.05) is 0 Å². The number of benzene rings is 1. The van der Waals surface area contributed by atoms with Crippen molar-refractivity contribution in [1.82, 2.24) is 15.0 Å². The number of para-hydroxylation sites is 1. The van der Waals surface area contributed by atoms with Gasteiger partial charge in [-0.1, -0.05) is 17.3 Å². The van der Waals surface area contributed by atoms with E-state index in [4.69, 9.17) is 5.11 Å². The quantitative estimate of drug-likeness (QED) is 0.649. The van der Waals surface area contributed by atoms with E-state index in [0.29, 0.717) is 24.2 Å². The molecule has 7 heteroatoms. The summed E-state index contributed by atoms with van der Waals surface area (Å²) in [5.41, 5.74) is 1.88. The number of nitrogens with zero attached hydrogens (tertiary/aromatic N) is 4. The summed E-state index contributed by atoms with van der Waals surface area (Å²) < 4.78 is 1.42. The zero-order valence-corrected chi connectivity index (χ0v) is 10.5. The molecule has 0 saturated heterocycles. The van der Waals surface area contributed by atoms with E-state index in [2.05, 4.69) is 10.3 Å². The first-order valence-corrected chi connectivity index (χ1v) is 5.90. The summed E-state index contributed by atoms with van der Waals surface area (Å²) in [6.45, 7) is 1.87. The molecule has 19 heavy (non-hydrogen) atoms.